The monoisotopic (exact) mass is 782 g/mol. The van der Waals surface area contributed by atoms with E-state index in [0.29, 0.717) is 5.92 Å². The highest BCUT2D eigenvalue weighted by Crippen LogP contribution is 2.90. The van der Waals surface area contributed by atoms with Crippen molar-refractivity contribution >= 4 is 0 Å². The summed E-state index contributed by atoms with van der Waals surface area (Å²) in [6.45, 7) is 14.2. The van der Waals surface area contributed by atoms with Crippen LogP contribution in [0.25, 0.3) is 0 Å². The smallest absolute Gasteiger partial charge is 0.199 e. The van der Waals surface area contributed by atoms with Gasteiger partial charge in [0.1, 0.15) is 54.9 Å². The van der Waals surface area contributed by atoms with Gasteiger partial charge >= 0.3 is 0 Å². The fourth-order valence-corrected chi connectivity index (χ4v) is 15.5. The summed E-state index contributed by atoms with van der Waals surface area (Å²) in [7, 11) is 0. The maximum absolute atomic E-state index is 12.8. The molecule has 1 unspecified atom stereocenters. The van der Waals surface area contributed by atoms with E-state index < -0.39 is 90.9 Å². The Balaban J connectivity index is 0.933. The summed E-state index contributed by atoms with van der Waals surface area (Å²) in [5, 5.41) is 86.9. The molecule has 3 spiro atoms. The van der Waals surface area contributed by atoms with Crippen molar-refractivity contribution in [1.29, 1.82) is 0 Å². The van der Waals surface area contributed by atoms with Crippen LogP contribution in [0.15, 0.2) is 0 Å². The molecule has 55 heavy (non-hydrogen) atoms. The van der Waals surface area contributed by atoms with Crippen molar-refractivity contribution in [1.82, 2.24) is 0 Å². The third-order valence-electron chi connectivity index (χ3n) is 18.0. The van der Waals surface area contributed by atoms with Gasteiger partial charge in [-0.05, 0) is 105 Å². The molecule has 2 bridgehead atoms. The minimum absolute atomic E-state index is 0.0166. The highest BCUT2D eigenvalue weighted by atomic mass is 16.8. The first-order valence-electron chi connectivity index (χ1n) is 21.0. The van der Waals surface area contributed by atoms with Gasteiger partial charge in [0.25, 0.3) is 0 Å². The minimum Gasteiger partial charge on any atom is -0.394 e. The van der Waals surface area contributed by atoms with Crippen molar-refractivity contribution in [3.05, 3.63) is 0 Å². The maximum Gasteiger partial charge on any atom is 0.199 e. The van der Waals surface area contributed by atoms with Gasteiger partial charge in [0.05, 0.1) is 31.0 Å². The van der Waals surface area contributed by atoms with E-state index in [1.807, 2.05) is 0 Å². The Labute approximate surface area is 323 Å². The molecular weight excluding hydrogens is 716 g/mol. The molecule has 5 aliphatic carbocycles. The van der Waals surface area contributed by atoms with Crippen LogP contribution in [0.4, 0.5) is 0 Å². The molecule has 4 saturated heterocycles. The van der Waals surface area contributed by atoms with E-state index in [4.69, 9.17) is 28.4 Å². The van der Waals surface area contributed by atoms with Crippen LogP contribution in [0.1, 0.15) is 99.8 Å². The van der Waals surface area contributed by atoms with Crippen molar-refractivity contribution < 1.29 is 69.3 Å². The number of ether oxygens (including phenoxy) is 6. The molecule has 9 aliphatic rings. The first-order valence-corrected chi connectivity index (χ1v) is 21.0. The van der Waals surface area contributed by atoms with E-state index in [1.165, 1.54) is 0 Å². The Hall–Kier alpha value is -0.560. The molecule has 8 N–H and O–H groups in total. The largest absolute Gasteiger partial charge is 0.394 e. The summed E-state index contributed by atoms with van der Waals surface area (Å²) in [6.07, 6.45) is -7.12. The van der Waals surface area contributed by atoms with E-state index in [9.17, 15) is 40.9 Å². The van der Waals surface area contributed by atoms with Crippen molar-refractivity contribution in [2.75, 3.05) is 13.2 Å². The fraction of sp³-hybridized carbons (Fsp3) is 1.00. The van der Waals surface area contributed by atoms with Crippen LogP contribution in [-0.2, 0) is 28.4 Å². The molecule has 9 fully saturated rings. The molecule has 14 nitrogen and oxygen atoms in total. The summed E-state index contributed by atoms with van der Waals surface area (Å²) in [6, 6.07) is 0. The number of hydrogen-bond acceptors (Lipinski definition) is 14. The van der Waals surface area contributed by atoms with Crippen LogP contribution < -0.4 is 0 Å². The van der Waals surface area contributed by atoms with E-state index in [1.54, 1.807) is 13.8 Å². The number of aliphatic hydroxyl groups is 8. The van der Waals surface area contributed by atoms with E-state index in [2.05, 4.69) is 34.6 Å². The standard InChI is InChI=1S/C41H66O14/c1-18-14-20-31(36(4,5)49)55-41(54-20)30(18)37(6)12-13-40-17-39(40)11-10-24(35(2,3)22(39)8-9-23(40)38(37,7)34(41)48)52-32-28(47)29(19(43)16-50-32)53-33-27(46)26(45)25(44)21(15-42)51-33/h18-34,42-49H,8-17H2,1-7H3/t18-,19-,20-,21-,22+,23+,24+,25-,26+,27-,28-,29+,30-,31?,32+,33+,34-,37-,38-,39-,40+,41+/m1/s1. The highest BCUT2D eigenvalue weighted by molar-refractivity contribution is 5.34. The summed E-state index contributed by atoms with van der Waals surface area (Å²) in [5.74, 6) is -0.232. The summed E-state index contributed by atoms with van der Waals surface area (Å²) >= 11 is 0. The van der Waals surface area contributed by atoms with Crippen molar-refractivity contribution in [2.45, 2.75) is 191 Å². The molecule has 4 heterocycles. The summed E-state index contributed by atoms with van der Waals surface area (Å²) < 4.78 is 37.6. The normalized spacial score (nSPS) is 60.6. The zero-order valence-electron chi connectivity index (χ0n) is 33.4. The van der Waals surface area contributed by atoms with Crippen LogP contribution in [0.2, 0.25) is 0 Å². The van der Waals surface area contributed by atoms with Gasteiger partial charge in [-0.3, -0.25) is 0 Å². The molecular formula is C41H66O14. The van der Waals surface area contributed by atoms with Gasteiger partial charge < -0.3 is 69.3 Å². The van der Waals surface area contributed by atoms with Gasteiger partial charge in [-0.25, -0.2) is 0 Å². The minimum atomic E-state index is -1.69. The van der Waals surface area contributed by atoms with Crippen LogP contribution >= 0.6 is 0 Å². The van der Waals surface area contributed by atoms with Gasteiger partial charge in [0, 0.05) is 11.3 Å². The number of fused-ring (bicyclic) bond motifs is 4. The van der Waals surface area contributed by atoms with E-state index in [-0.39, 0.29) is 58.2 Å². The zero-order valence-corrected chi connectivity index (χ0v) is 33.4. The van der Waals surface area contributed by atoms with Crippen molar-refractivity contribution in [2.24, 2.45) is 50.7 Å². The van der Waals surface area contributed by atoms with Crippen LogP contribution in [-0.4, -0.2) is 145 Å². The lowest BCUT2D eigenvalue weighted by molar-refractivity contribution is -0.356. The van der Waals surface area contributed by atoms with Crippen LogP contribution in [0.5, 0.6) is 0 Å². The lowest BCUT2D eigenvalue weighted by atomic mass is 9.41. The molecule has 0 radical (unpaired) electrons. The van der Waals surface area contributed by atoms with Crippen molar-refractivity contribution in [3.8, 4) is 0 Å². The molecule has 9 rings (SSSR count). The second-order valence-electron chi connectivity index (χ2n) is 21.1. The molecule has 14 heteroatoms. The van der Waals surface area contributed by atoms with Gasteiger partial charge in [-0.1, -0.05) is 34.6 Å². The third-order valence-corrected chi connectivity index (χ3v) is 18.0. The summed E-state index contributed by atoms with van der Waals surface area (Å²) in [4.78, 5) is 0. The maximum atomic E-state index is 12.8. The first-order chi connectivity index (χ1) is 25.6. The number of aliphatic hydroxyl groups excluding tert-OH is 7. The average Bonchev–Trinajstić information content (AvgIpc) is 3.63. The average molecular weight is 783 g/mol. The molecule has 0 aromatic carbocycles. The Bertz CT molecular complexity index is 1500. The van der Waals surface area contributed by atoms with Gasteiger partial charge in [-0.15, -0.1) is 0 Å². The van der Waals surface area contributed by atoms with Gasteiger partial charge in [0.2, 0.25) is 0 Å². The molecule has 0 aromatic heterocycles. The predicted octanol–water partition coefficient (Wildman–Crippen LogP) is 0.946. The molecule has 0 amide bonds. The zero-order chi connectivity index (χ0) is 39.6. The Morgan fingerprint density at radius 3 is 2.16 bits per heavy atom. The van der Waals surface area contributed by atoms with E-state index in [0.717, 1.165) is 51.4 Å². The Kier molecular flexibility index (Phi) is 9.06. The van der Waals surface area contributed by atoms with Gasteiger partial charge in [-0.2, -0.15) is 0 Å². The van der Waals surface area contributed by atoms with Crippen LogP contribution in [0, 0.1) is 50.7 Å². The fourth-order valence-electron chi connectivity index (χ4n) is 15.5. The topological polar surface area (TPSA) is 217 Å². The second kappa shape index (κ2) is 12.5. The quantitative estimate of drug-likeness (QED) is 0.176. The lowest BCUT2D eigenvalue weighted by Gasteiger charge is -2.63. The third kappa shape index (κ3) is 4.98. The molecule has 314 valence electrons. The number of hydrogen-bond donors (Lipinski definition) is 8. The van der Waals surface area contributed by atoms with Gasteiger partial charge in [0.15, 0.2) is 18.4 Å². The number of rotatable bonds is 6. The SMILES string of the molecule is C[C@@H]1C[C@H]2O[C@@]3(OC2C(C)(C)O)[C@H](O)[C@@]2(C)[C@@H]4CC[C@H]5C(C)(C)[C@@H](O[C@@H]6OC[C@@H](O)[C@H](O[C@@H]7O[C@H](CO)[C@@H](O)[C@H](O)[C@H]7O)[C@H]6O)CC[C@@]56C[C@@]46CC[C@]2(C)[C@@H]13. The van der Waals surface area contributed by atoms with Crippen molar-refractivity contribution in [3.63, 3.8) is 0 Å². The Morgan fingerprint density at radius 1 is 0.782 bits per heavy atom. The predicted molar refractivity (Wildman–Crippen MR) is 191 cm³/mol. The highest BCUT2D eigenvalue weighted by Gasteiger charge is 2.88. The van der Waals surface area contributed by atoms with E-state index >= 15 is 0 Å². The molecule has 22 atom stereocenters. The van der Waals surface area contributed by atoms with Crippen LogP contribution in [0.3, 0.4) is 0 Å². The first kappa shape index (κ1) is 39.9. The Morgan fingerprint density at radius 2 is 1.47 bits per heavy atom. The summed E-state index contributed by atoms with van der Waals surface area (Å²) in [5.41, 5.74) is -1.89. The molecule has 0 aromatic rings. The lowest BCUT2D eigenvalue weighted by Crippen LogP contribution is -2.63. The molecule has 5 saturated carbocycles. The molecule has 4 aliphatic heterocycles. The second-order valence-corrected chi connectivity index (χ2v) is 21.1.